The molecule has 6 heteroatoms. The highest BCUT2D eigenvalue weighted by molar-refractivity contribution is 6.01. The fourth-order valence-electron chi connectivity index (χ4n) is 2.26. The van der Waals surface area contributed by atoms with Crippen LogP contribution in [0.25, 0.3) is 0 Å². The van der Waals surface area contributed by atoms with E-state index in [0.29, 0.717) is 5.69 Å². The highest BCUT2D eigenvalue weighted by Crippen LogP contribution is 2.26. The quantitative estimate of drug-likeness (QED) is 0.664. The Hall–Kier alpha value is -1.95. The van der Waals surface area contributed by atoms with E-state index in [2.05, 4.69) is 0 Å². The molecule has 0 radical (unpaired) electrons. The molecule has 1 aliphatic rings. The first-order chi connectivity index (χ1) is 9.54. The van der Waals surface area contributed by atoms with E-state index in [4.69, 9.17) is 4.74 Å². The Kier molecular flexibility index (Phi) is 4.34. The van der Waals surface area contributed by atoms with Gasteiger partial charge in [0.15, 0.2) is 11.7 Å². The lowest BCUT2D eigenvalue weighted by Crippen LogP contribution is -2.53. The molecule has 2 atom stereocenters. The van der Waals surface area contributed by atoms with E-state index in [9.17, 15) is 19.1 Å². The van der Waals surface area contributed by atoms with Gasteiger partial charge in [-0.1, -0.05) is 0 Å². The topological polar surface area (TPSA) is 66.8 Å². The number of piperidine rings is 1. The zero-order valence-electron chi connectivity index (χ0n) is 11.1. The van der Waals surface area contributed by atoms with Crippen molar-refractivity contribution in [2.24, 2.45) is 5.92 Å². The van der Waals surface area contributed by atoms with Gasteiger partial charge in [-0.3, -0.25) is 9.59 Å². The van der Waals surface area contributed by atoms with Crippen molar-refractivity contribution in [1.29, 1.82) is 0 Å². The van der Waals surface area contributed by atoms with Gasteiger partial charge in [-0.25, -0.2) is 4.39 Å². The molecule has 0 aliphatic carbocycles. The van der Waals surface area contributed by atoms with Crippen LogP contribution in [0.15, 0.2) is 24.3 Å². The fraction of sp³-hybridized carbons (Fsp3) is 0.429. The van der Waals surface area contributed by atoms with Gasteiger partial charge in [0.1, 0.15) is 12.0 Å². The van der Waals surface area contributed by atoms with Gasteiger partial charge in [0.2, 0.25) is 0 Å². The Balaban J connectivity index is 2.22. The van der Waals surface area contributed by atoms with Crippen molar-refractivity contribution in [2.75, 3.05) is 18.1 Å². The minimum atomic E-state index is -1.29. The number of ketones is 1. The molecule has 0 bridgehead atoms. The molecule has 2 unspecified atom stereocenters. The predicted molar refractivity (Wildman–Crippen MR) is 69.5 cm³/mol. The number of aliphatic hydroxyl groups is 1. The number of ether oxygens (including phenoxy) is 1. The Morgan fingerprint density at radius 3 is 2.70 bits per heavy atom. The monoisotopic (exact) mass is 281 g/mol. The number of benzene rings is 1. The third kappa shape index (κ3) is 2.80. The van der Waals surface area contributed by atoms with Crippen LogP contribution in [-0.2, 0) is 14.3 Å². The van der Waals surface area contributed by atoms with Gasteiger partial charge in [0.25, 0.3) is 0 Å². The first-order valence-electron chi connectivity index (χ1n) is 6.44. The summed E-state index contributed by atoms with van der Waals surface area (Å²) in [6.45, 7) is 2.06. The third-order valence-corrected chi connectivity index (χ3v) is 3.26. The average molecular weight is 281 g/mol. The molecule has 5 nitrogen and oxygen atoms in total. The maximum absolute atomic E-state index is 12.9. The molecule has 1 aromatic rings. The SMILES string of the molecule is CCOC(=O)C1C(=O)CCN(c2ccc(F)cc2)C1O. The van der Waals surface area contributed by atoms with Crippen molar-refractivity contribution in [3.05, 3.63) is 30.1 Å². The van der Waals surface area contributed by atoms with Crippen LogP contribution < -0.4 is 4.90 Å². The summed E-state index contributed by atoms with van der Waals surface area (Å²) in [7, 11) is 0. The molecule has 0 saturated carbocycles. The summed E-state index contributed by atoms with van der Waals surface area (Å²) < 4.78 is 17.7. The summed E-state index contributed by atoms with van der Waals surface area (Å²) >= 11 is 0. The van der Waals surface area contributed by atoms with Crippen molar-refractivity contribution in [3.8, 4) is 0 Å². The predicted octanol–water partition coefficient (Wildman–Crippen LogP) is 1.10. The molecule has 0 amide bonds. The number of aliphatic hydroxyl groups excluding tert-OH is 1. The first kappa shape index (κ1) is 14.5. The standard InChI is InChI=1S/C14H16FNO4/c1-2-20-14(19)12-11(17)7-8-16(13(12)18)10-5-3-9(15)4-6-10/h3-6,12-13,18H,2,7-8H2,1H3. The molecule has 0 spiro atoms. The van der Waals surface area contributed by atoms with Crippen LogP contribution in [-0.4, -0.2) is 36.2 Å². The van der Waals surface area contributed by atoms with Gasteiger partial charge in [-0.05, 0) is 31.2 Å². The van der Waals surface area contributed by atoms with Gasteiger partial charge in [-0.15, -0.1) is 0 Å². The molecular formula is C14H16FNO4. The van der Waals surface area contributed by atoms with E-state index < -0.39 is 23.9 Å². The number of anilines is 1. The maximum Gasteiger partial charge on any atom is 0.321 e. The van der Waals surface area contributed by atoms with E-state index in [0.717, 1.165) is 0 Å². The smallest absolute Gasteiger partial charge is 0.321 e. The summed E-state index contributed by atoms with van der Waals surface area (Å²) in [5, 5.41) is 10.2. The van der Waals surface area contributed by atoms with Crippen LogP contribution in [0.2, 0.25) is 0 Å². The second kappa shape index (κ2) is 6.00. The number of carbonyl (C=O) groups excluding carboxylic acids is 2. The summed E-state index contributed by atoms with van der Waals surface area (Å²) in [6, 6.07) is 5.52. The van der Waals surface area contributed by atoms with Crippen LogP contribution in [0.4, 0.5) is 10.1 Å². The number of hydrogen-bond acceptors (Lipinski definition) is 5. The number of rotatable bonds is 3. The van der Waals surface area contributed by atoms with Crippen LogP contribution >= 0.6 is 0 Å². The zero-order valence-corrected chi connectivity index (χ0v) is 11.1. The summed E-state index contributed by atoms with van der Waals surface area (Å²) in [5.41, 5.74) is 0.556. The van der Waals surface area contributed by atoms with Gasteiger partial charge in [-0.2, -0.15) is 0 Å². The molecule has 108 valence electrons. The second-order valence-electron chi connectivity index (χ2n) is 4.53. The Morgan fingerprint density at radius 2 is 2.10 bits per heavy atom. The molecular weight excluding hydrogens is 265 g/mol. The molecule has 1 heterocycles. The third-order valence-electron chi connectivity index (χ3n) is 3.26. The van der Waals surface area contributed by atoms with Crippen LogP contribution in [0.1, 0.15) is 13.3 Å². The normalized spacial score (nSPS) is 22.8. The van der Waals surface area contributed by atoms with Crippen LogP contribution in [0.3, 0.4) is 0 Å². The maximum atomic E-state index is 12.9. The minimum absolute atomic E-state index is 0.137. The molecule has 20 heavy (non-hydrogen) atoms. The van der Waals surface area contributed by atoms with E-state index in [-0.39, 0.29) is 25.4 Å². The first-order valence-corrected chi connectivity index (χ1v) is 6.44. The van der Waals surface area contributed by atoms with E-state index in [1.54, 1.807) is 6.92 Å². The van der Waals surface area contributed by atoms with Crippen molar-refractivity contribution in [1.82, 2.24) is 0 Å². The number of halogens is 1. The Bertz CT molecular complexity index is 502. The van der Waals surface area contributed by atoms with Gasteiger partial charge >= 0.3 is 5.97 Å². The largest absolute Gasteiger partial charge is 0.465 e. The highest BCUT2D eigenvalue weighted by atomic mass is 19.1. The van der Waals surface area contributed by atoms with E-state index >= 15 is 0 Å². The number of esters is 1. The lowest BCUT2D eigenvalue weighted by molar-refractivity contribution is -0.157. The summed E-state index contributed by atoms with van der Waals surface area (Å²) in [4.78, 5) is 25.1. The van der Waals surface area contributed by atoms with E-state index in [1.165, 1.54) is 29.2 Å². The molecule has 1 saturated heterocycles. The van der Waals surface area contributed by atoms with Gasteiger partial charge in [0.05, 0.1) is 6.61 Å². The zero-order chi connectivity index (χ0) is 14.7. The van der Waals surface area contributed by atoms with Gasteiger partial charge in [0, 0.05) is 18.7 Å². The number of carbonyl (C=O) groups is 2. The lowest BCUT2D eigenvalue weighted by atomic mass is 9.94. The highest BCUT2D eigenvalue weighted by Gasteiger charge is 2.41. The molecule has 2 rings (SSSR count). The number of hydrogen-bond donors (Lipinski definition) is 1. The Morgan fingerprint density at radius 1 is 1.45 bits per heavy atom. The Labute approximate surface area is 116 Å². The van der Waals surface area contributed by atoms with E-state index in [1.807, 2.05) is 0 Å². The van der Waals surface area contributed by atoms with Crippen molar-refractivity contribution in [3.63, 3.8) is 0 Å². The molecule has 0 aromatic heterocycles. The minimum Gasteiger partial charge on any atom is -0.465 e. The second-order valence-corrected chi connectivity index (χ2v) is 4.53. The van der Waals surface area contributed by atoms with Crippen molar-refractivity contribution < 1.29 is 23.8 Å². The molecule has 1 fully saturated rings. The molecule has 1 aliphatic heterocycles. The lowest BCUT2D eigenvalue weighted by Gasteiger charge is -2.37. The summed E-state index contributed by atoms with van der Waals surface area (Å²) in [5.74, 6) is -2.67. The van der Waals surface area contributed by atoms with Crippen molar-refractivity contribution >= 4 is 17.4 Å². The number of Topliss-reactive ketones (excluding diaryl/α,β-unsaturated/α-hetero) is 1. The van der Waals surface area contributed by atoms with Gasteiger partial charge < -0.3 is 14.7 Å². The average Bonchev–Trinajstić information content (AvgIpc) is 2.41. The fourth-order valence-corrected chi connectivity index (χ4v) is 2.26. The van der Waals surface area contributed by atoms with Crippen LogP contribution in [0.5, 0.6) is 0 Å². The summed E-state index contributed by atoms with van der Waals surface area (Å²) in [6.07, 6.45) is -1.15. The molecule has 1 aromatic carbocycles. The van der Waals surface area contributed by atoms with Crippen LogP contribution in [0, 0.1) is 11.7 Å². The van der Waals surface area contributed by atoms with Crippen molar-refractivity contribution in [2.45, 2.75) is 19.6 Å². The molecule has 1 N–H and O–H groups in total. The number of nitrogens with zero attached hydrogens (tertiary/aromatic N) is 1.